The fourth-order valence-electron chi connectivity index (χ4n) is 1.75. The molecule has 0 saturated heterocycles. The zero-order valence-electron chi connectivity index (χ0n) is 8.90. The Morgan fingerprint density at radius 3 is 2.80 bits per heavy atom. The first-order chi connectivity index (χ1) is 7.15. The molecule has 0 aliphatic rings. The van der Waals surface area contributed by atoms with Crippen LogP contribution < -0.4 is 0 Å². The summed E-state index contributed by atoms with van der Waals surface area (Å²) in [4.78, 5) is 15.1. The molecule has 2 heteroatoms. The molecule has 0 amide bonds. The van der Waals surface area contributed by atoms with Gasteiger partial charge in [0.25, 0.3) is 0 Å². The molecule has 0 atom stereocenters. The fourth-order valence-corrected chi connectivity index (χ4v) is 1.75. The quantitative estimate of drug-likeness (QED) is 0.696. The van der Waals surface area contributed by atoms with Crippen LogP contribution in [0.5, 0.6) is 0 Å². The van der Waals surface area contributed by atoms with Gasteiger partial charge in [0.05, 0.1) is 0 Å². The van der Waals surface area contributed by atoms with Crippen molar-refractivity contribution in [3.8, 4) is 0 Å². The molecule has 0 spiro atoms. The van der Waals surface area contributed by atoms with Crippen LogP contribution in [0.15, 0.2) is 36.7 Å². The standard InChI is InChI=1S/C13H13NO/c1-13(2,9-15)12-5-3-4-10-8-14-7-6-11(10)12/h3-9H,1-2H3. The van der Waals surface area contributed by atoms with Crippen molar-refractivity contribution < 1.29 is 4.79 Å². The molecule has 0 N–H and O–H groups in total. The van der Waals surface area contributed by atoms with Crippen molar-refractivity contribution in [1.82, 2.24) is 4.98 Å². The molecule has 76 valence electrons. The van der Waals surface area contributed by atoms with Gasteiger partial charge in [-0.2, -0.15) is 0 Å². The molecule has 15 heavy (non-hydrogen) atoms. The minimum Gasteiger partial charge on any atom is -0.302 e. The van der Waals surface area contributed by atoms with E-state index in [1.54, 1.807) is 6.20 Å². The van der Waals surface area contributed by atoms with Crippen molar-refractivity contribution in [2.45, 2.75) is 19.3 Å². The largest absolute Gasteiger partial charge is 0.302 e. The van der Waals surface area contributed by atoms with Crippen LogP contribution >= 0.6 is 0 Å². The van der Waals surface area contributed by atoms with E-state index < -0.39 is 5.41 Å². The van der Waals surface area contributed by atoms with Gasteiger partial charge >= 0.3 is 0 Å². The average molecular weight is 199 g/mol. The van der Waals surface area contributed by atoms with Gasteiger partial charge in [-0.15, -0.1) is 0 Å². The number of carbonyl (C=O) groups excluding carboxylic acids is 1. The Labute approximate surface area is 89.0 Å². The minimum atomic E-state index is -0.444. The monoisotopic (exact) mass is 199 g/mol. The lowest BCUT2D eigenvalue weighted by Crippen LogP contribution is -2.18. The summed E-state index contributed by atoms with van der Waals surface area (Å²) in [6.07, 6.45) is 4.56. The van der Waals surface area contributed by atoms with Gasteiger partial charge in [0, 0.05) is 23.2 Å². The summed E-state index contributed by atoms with van der Waals surface area (Å²) < 4.78 is 0. The molecule has 1 aromatic carbocycles. The molecule has 2 rings (SSSR count). The van der Waals surface area contributed by atoms with E-state index in [-0.39, 0.29) is 0 Å². The third-order valence-corrected chi connectivity index (χ3v) is 2.67. The fraction of sp³-hybridized carbons (Fsp3) is 0.231. The molecule has 0 unspecified atom stereocenters. The van der Waals surface area contributed by atoms with E-state index in [4.69, 9.17) is 0 Å². The normalized spacial score (nSPS) is 11.6. The summed E-state index contributed by atoms with van der Waals surface area (Å²) in [6.45, 7) is 3.85. The lowest BCUT2D eigenvalue weighted by Gasteiger charge is -2.19. The summed E-state index contributed by atoms with van der Waals surface area (Å²) in [7, 11) is 0. The highest BCUT2D eigenvalue weighted by Gasteiger charge is 2.21. The molecule has 0 aliphatic heterocycles. The highest BCUT2D eigenvalue weighted by Crippen LogP contribution is 2.28. The third-order valence-electron chi connectivity index (χ3n) is 2.67. The Bertz CT molecular complexity index is 497. The zero-order valence-corrected chi connectivity index (χ0v) is 8.90. The highest BCUT2D eigenvalue weighted by atomic mass is 16.1. The van der Waals surface area contributed by atoms with Crippen molar-refractivity contribution >= 4 is 17.1 Å². The Kier molecular flexibility index (Phi) is 2.27. The number of rotatable bonds is 2. The van der Waals surface area contributed by atoms with Gasteiger partial charge in [-0.05, 0) is 30.9 Å². The number of aromatic nitrogens is 1. The van der Waals surface area contributed by atoms with Crippen LogP contribution in [0.4, 0.5) is 0 Å². The average Bonchev–Trinajstić information content (AvgIpc) is 2.28. The Balaban J connectivity index is 2.76. The number of fused-ring (bicyclic) bond motifs is 1. The van der Waals surface area contributed by atoms with Crippen LogP contribution in [0.3, 0.4) is 0 Å². The predicted molar refractivity (Wildman–Crippen MR) is 60.8 cm³/mol. The van der Waals surface area contributed by atoms with Crippen molar-refractivity contribution in [2.75, 3.05) is 0 Å². The van der Waals surface area contributed by atoms with Gasteiger partial charge < -0.3 is 4.79 Å². The lowest BCUT2D eigenvalue weighted by molar-refractivity contribution is -0.111. The maximum atomic E-state index is 11.1. The first-order valence-electron chi connectivity index (χ1n) is 4.95. The van der Waals surface area contributed by atoms with Crippen LogP contribution in [0.1, 0.15) is 19.4 Å². The molecule has 0 bridgehead atoms. The zero-order chi connectivity index (χ0) is 10.9. The SMILES string of the molecule is CC(C)(C=O)c1cccc2cnccc12. The van der Waals surface area contributed by atoms with E-state index in [9.17, 15) is 4.79 Å². The second-order valence-corrected chi connectivity index (χ2v) is 4.24. The highest BCUT2D eigenvalue weighted by molar-refractivity contribution is 5.89. The number of carbonyl (C=O) groups is 1. The molecule has 0 fully saturated rings. The van der Waals surface area contributed by atoms with Crippen molar-refractivity contribution in [2.24, 2.45) is 0 Å². The van der Waals surface area contributed by atoms with Crippen molar-refractivity contribution in [1.29, 1.82) is 0 Å². The summed E-state index contributed by atoms with van der Waals surface area (Å²) in [5.74, 6) is 0. The number of nitrogens with zero attached hydrogens (tertiary/aromatic N) is 1. The van der Waals surface area contributed by atoms with E-state index in [0.29, 0.717) is 0 Å². The number of benzene rings is 1. The van der Waals surface area contributed by atoms with E-state index in [0.717, 1.165) is 22.6 Å². The van der Waals surface area contributed by atoms with Gasteiger partial charge in [0.1, 0.15) is 6.29 Å². The second kappa shape index (κ2) is 3.46. The summed E-state index contributed by atoms with van der Waals surface area (Å²) >= 11 is 0. The minimum absolute atomic E-state index is 0.444. The predicted octanol–water partition coefficient (Wildman–Crippen LogP) is 2.71. The van der Waals surface area contributed by atoms with Gasteiger partial charge in [0.2, 0.25) is 0 Å². The van der Waals surface area contributed by atoms with E-state index >= 15 is 0 Å². The molecule has 0 saturated carbocycles. The van der Waals surface area contributed by atoms with Crippen LogP contribution in [0.2, 0.25) is 0 Å². The second-order valence-electron chi connectivity index (χ2n) is 4.24. The van der Waals surface area contributed by atoms with E-state index in [1.807, 2.05) is 44.3 Å². The van der Waals surface area contributed by atoms with Gasteiger partial charge in [-0.3, -0.25) is 4.98 Å². The van der Waals surface area contributed by atoms with E-state index in [2.05, 4.69) is 4.98 Å². The molecule has 2 nitrogen and oxygen atoms in total. The Morgan fingerprint density at radius 2 is 2.07 bits per heavy atom. The number of aldehydes is 1. The van der Waals surface area contributed by atoms with Crippen molar-refractivity contribution in [3.05, 3.63) is 42.2 Å². The van der Waals surface area contributed by atoms with E-state index in [1.165, 1.54) is 0 Å². The first kappa shape index (κ1) is 9.84. The van der Waals surface area contributed by atoms with Gasteiger partial charge in [-0.25, -0.2) is 0 Å². The number of hydrogen-bond acceptors (Lipinski definition) is 2. The van der Waals surface area contributed by atoms with Gasteiger partial charge in [-0.1, -0.05) is 18.2 Å². The smallest absolute Gasteiger partial charge is 0.129 e. The Hall–Kier alpha value is -1.70. The lowest BCUT2D eigenvalue weighted by atomic mass is 9.83. The number of pyridine rings is 1. The van der Waals surface area contributed by atoms with Crippen LogP contribution in [0, 0.1) is 0 Å². The summed E-state index contributed by atoms with van der Waals surface area (Å²) in [6, 6.07) is 7.92. The first-order valence-corrected chi connectivity index (χ1v) is 4.95. The van der Waals surface area contributed by atoms with Gasteiger partial charge in [0.15, 0.2) is 0 Å². The summed E-state index contributed by atoms with van der Waals surface area (Å²) in [5.41, 5.74) is 0.610. The van der Waals surface area contributed by atoms with Crippen LogP contribution in [0.25, 0.3) is 10.8 Å². The maximum Gasteiger partial charge on any atom is 0.129 e. The molecule has 0 radical (unpaired) electrons. The molecule has 1 heterocycles. The molecule has 2 aromatic rings. The molecular weight excluding hydrogens is 186 g/mol. The van der Waals surface area contributed by atoms with Crippen LogP contribution in [-0.2, 0) is 10.2 Å². The number of hydrogen-bond donors (Lipinski definition) is 0. The third kappa shape index (κ3) is 1.63. The van der Waals surface area contributed by atoms with Crippen molar-refractivity contribution in [3.63, 3.8) is 0 Å². The topological polar surface area (TPSA) is 30.0 Å². The molecule has 1 aromatic heterocycles. The molecule has 0 aliphatic carbocycles. The summed E-state index contributed by atoms with van der Waals surface area (Å²) in [5, 5.41) is 2.18. The molecular formula is C13H13NO. The van der Waals surface area contributed by atoms with Crippen LogP contribution in [-0.4, -0.2) is 11.3 Å². The maximum absolute atomic E-state index is 11.1. The Morgan fingerprint density at radius 1 is 1.27 bits per heavy atom.